The van der Waals surface area contributed by atoms with Gasteiger partial charge in [0, 0.05) is 25.6 Å². The van der Waals surface area contributed by atoms with Gasteiger partial charge in [0.15, 0.2) is 0 Å². The van der Waals surface area contributed by atoms with E-state index in [1.807, 2.05) is 31.1 Å². The van der Waals surface area contributed by atoms with E-state index in [4.69, 9.17) is 4.42 Å². The number of hydrogen-bond donors (Lipinski definition) is 1. The zero-order valence-electron chi connectivity index (χ0n) is 15.4. The van der Waals surface area contributed by atoms with Gasteiger partial charge in [0.25, 0.3) is 0 Å². The summed E-state index contributed by atoms with van der Waals surface area (Å²) in [4.78, 5) is 18.4. The van der Waals surface area contributed by atoms with Gasteiger partial charge >= 0.3 is 0 Å². The molecule has 5 nitrogen and oxygen atoms in total. The Hall–Kier alpha value is -2.99. The second-order valence-electron chi connectivity index (χ2n) is 6.58. The van der Waals surface area contributed by atoms with Crippen molar-refractivity contribution >= 4 is 11.7 Å². The van der Waals surface area contributed by atoms with Gasteiger partial charge in [-0.05, 0) is 56.1 Å². The fourth-order valence-corrected chi connectivity index (χ4v) is 2.77. The van der Waals surface area contributed by atoms with Crippen LogP contribution in [-0.2, 0) is 17.8 Å². The van der Waals surface area contributed by atoms with Gasteiger partial charge in [-0.3, -0.25) is 4.79 Å². The summed E-state index contributed by atoms with van der Waals surface area (Å²) in [6, 6.07) is 13.7. The number of carbonyl (C=O) groups is 1. The normalized spacial score (nSPS) is 11.0. The molecule has 0 aliphatic carbocycles. The van der Waals surface area contributed by atoms with Crippen LogP contribution in [0.1, 0.15) is 17.7 Å². The van der Waals surface area contributed by atoms with E-state index in [0.29, 0.717) is 29.3 Å². The van der Waals surface area contributed by atoms with Gasteiger partial charge in [-0.15, -0.1) is 0 Å². The molecule has 140 valence electrons. The van der Waals surface area contributed by atoms with Crippen LogP contribution in [-0.4, -0.2) is 29.9 Å². The molecule has 0 atom stereocenters. The maximum atomic E-state index is 13.8. The van der Waals surface area contributed by atoms with Crippen molar-refractivity contribution in [1.29, 1.82) is 0 Å². The van der Waals surface area contributed by atoms with Crippen molar-refractivity contribution in [3.63, 3.8) is 0 Å². The van der Waals surface area contributed by atoms with Crippen molar-refractivity contribution in [2.75, 3.05) is 19.4 Å². The number of pyridine rings is 1. The Morgan fingerprint density at radius 1 is 1.19 bits per heavy atom. The molecule has 3 aromatic rings. The van der Waals surface area contributed by atoms with E-state index in [9.17, 15) is 9.18 Å². The van der Waals surface area contributed by atoms with Gasteiger partial charge in [-0.2, -0.15) is 0 Å². The van der Waals surface area contributed by atoms with Gasteiger partial charge in [0.2, 0.25) is 5.91 Å². The minimum absolute atomic E-state index is 0.145. The number of anilines is 1. The predicted molar refractivity (Wildman–Crippen MR) is 103 cm³/mol. The summed E-state index contributed by atoms with van der Waals surface area (Å²) in [6.07, 6.45) is 2.36. The summed E-state index contributed by atoms with van der Waals surface area (Å²) in [7, 11) is 3.97. The smallest absolute Gasteiger partial charge is 0.225 e. The lowest BCUT2D eigenvalue weighted by atomic mass is 10.1. The van der Waals surface area contributed by atoms with Gasteiger partial charge in [0.1, 0.15) is 23.2 Å². The van der Waals surface area contributed by atoms with Crippen LogP contribution in [0.15, 0.2) is 59.1 Å². The molecule has 0 saturated heterocycles. The molecule has 2 aromatic heterocycles. The molecule has 2 heterocycles. The molecule has 1 amide bonds. The summed E-state index contributed by atoms with van der Waals surface area (Å²) < 4.78 is 19.5. The molecule has 0 fully saturated rings. The molecule has 1 N–H and O–H groups in total. The van der Waals surface area contributed by atoms with E-state index in [1.54, 1.807) is 36.5 Å². The van der Waals surface area contributed by atoms with Gasteiger partial charge in [-0.25, -0.2) is 9.37 Å². The molecule has 0 aliphatic heterocycles. The summed E-state index contributed by atoms with van der Waals surface area (Å²) in [5, 5.41) is 2.80. The largest absolute Gasteiger partial charge is 0.461 e. The van der Waals surface area contributed by atoms with Gasteiger partial charge < -0.3 is 14.6 Å². The lowest BCUT2D eigenvalue weighted by Crippen LogP contribution is -2.14. The second kappa shape index (κ2) is 8.60. The number of halogens is 1. The molecular weight excluding hydrogens is 345 g/mol. The molecule has 0 radical (unpaired) electrons. The summed E-state index contributed by atoms with van der Waals surface area (Å²) in [5.74, 6) is 1.15. The molecule has 0 bridgehead atoms. The molecule has 0 saturated carbocycles. The van der Waals surface area contributed by atoms with Gasteiger partial charge in [0.05, 0.1) is 5.56 Å². The third kappa shape index (κ3) is 5.24. The lowest BCUT2D eigenvalue weighted by molar-refractivity contribution is -0.116. The maximum Gasteiger partial charge on any atom is 0.225 e. The van der Waals surface area contributed by atoms with Crippen molar-refractivity contribution in [3.05, 3.63) is 71.9 Å². The first-order valence-corrected chi connectivity index (χ1v) is 8.74. The summed E-state index contributed by atoms with van der Waals surface area (Å²) >= 11 is 0. The lowest BCUT2D eigenvalue weighted by Gasteiger charge is -2.10. The van der Waals surface area contributed by atoms with Crippen LogP contribution in [0.3, 0.4) is 0 Å². The number of nitrogens with one attached hydrogen (secondary N) is 1. The summed E-state index contributed by atoms with van der Waals surface area (Å²) in [6.45, 7) is 0.774. The molecule has 6 heteroatoms. The zero-order valence-corrected chi connectivity index (χ0v) is 15.4. The average molecular weight is 367 g/mol. The van der Waals surface area contributed by atoms with Crippen molar-refractivity contribution in [2.24, 2.45) is 0 Å². The van der Waals surface area contributed by atoms with Crippen LogP contribution in [0.25, 0.3) is 11.3 Å². The molecule has 1 aromatic carbocycles. The molecule has 3 rings (SSSR count). The Bertz CT molecular complexity index is 921. The number of aryl methyl sites for hydroxylation is 1. The average Bonchev–Trinajstić information content (AvgIpc) is 3.09. The number of rotatable bonds is 7. The Morgan fingerprint density at radius 2 is 2.00 bits per heavy atom. The van der Waals surface area contributed by atoms with Crippen LogP contribution in [0.4, 0.5) is 10.2 Å². The van der Waals surface area contributed by atoms with E-state index in [-0.39, 0.29) is 18.1 Å². The molecular formula is C21H22FN3O2. The number of hydrogen-bond acceptors (Lipinski definition) is 4. The van der Waals surface area contributed by atoms with Crippen LogP contribution in [0.5, 0.6) is 0 Å². The Labute approximate surface area is 157 Å². The van der Waals surface area contributed by atoms with Crippen LogP contribution < -0.4 is 5.32 Å². The van der Waals surface area contributed by atoms with E-state index in [1.165, 1.54) is 6.07 Å². The Morgan fingerprint density at radius 3 is 2.78 bits per heavy atom. The van der Waals surface area contributed by atoms with Gasteiger partial charge in [-0.1, -0.05) is 12.1 Å². The number of nitrogens with zero attached hydrogens (tertiary/aromatic N) is 2. The predicted octanol–water partition coefficient (Wildman–Crippen LogP) is 4.11. The second-order valence-corrected chi connectivity index (χ2v) is 6.58. The maximum absolute atomic E-state index is 13.8. The SMILES string of the molecule is CN(C)Cc1ccnc(NC(=O)CCc2ccc(-c3ccccc3F)o2)c1. The minimum atomic E-state index is -0.333. The first kappa shape index (κ1) is 18.8. The number of benzene rings is 1. The molecule has 0 unspecified atom stereocenters. The highest BCUT2D eigenvalue weighted by molar-refractivity contribution is 5.89. The van der Waals surface area contributed by atoms with Crippen LogP contribution >= 0.6 is 0 Å². The molecule has 27 heavy (non-hydrogen) atoms. The van der Waals surface area contributed by atoms with Crippen molar-refractivity contribution in [2.45, 2.75) is 19.4 Å². The third-order valence-electron chi connectivity index (χ3n) is 3.99. The van der Waals surface area contributed by atoms with Crippen molar-refractivity contribution in [1.82, 2.24) is 9.88 Å². The van der Waals surface area contributed by atoms with Crippen molar-refractivity contribution in [3.8, 4) is 11.3 Å². The fourth-order valence-electron chi connectivity index (χ4n) is 2.77. The van der Waals surface area contributed by atoms with Crippen molar-refractivity contribution < 1.29 is 13.6 Å². The number of carbonyl (C=O) groups excluding carboxylic acids is 1. The first-order valence-electron chi connectivity index (χ1n) is 8.74. The van der Waals surface area contributed by atoms with E-state index >= 15 is 0 Å². The fraction of sp³-hybridized carbons (Fsp3) is 0.238. The molecule has 0 spiro atoms. The highest BCUT2D eigenvalue weighted by Crippen LogP contribution is 2.25. The molecule has 0 aliphatic rings. The Kier molecular flexibility index (Phi) is 5.98. The monoisotopic (exact) mass is 367 g/mol. The topological polar surface area (TPSA) is 58.4 Å². The first-order chi connectivity index (χ1) is 13.0. The highest BCUT2D eigenvalue weighted by atomic mass is 19.1. The number of furan rings is 1. The number of amides is 1. The third-order valence-corrected chi connectivity index (χ3v) is 3.99. The summed E-state index contributed by atoms with van der Waals surface area (Å²) in [5.41, 5.74) is 1.49. The van der Waals surface area contributed by atoms with E-state index in [0.717, 1.165) is 12.1 Å². The number of aromatic nitrogens is 1. The van der Waals surface area contributed by atoms with E-state index < -0.39 is 0 Å². The van der Waals surface area contributed by atoms with Crippen LogP contribution in [0, 0.1) is 5.82 Å². The highest BCUT2D eigenvalue weighted by Gasteiger charge is 2.11. The standard InChI is InChI=1S/C21H22FN3O2/c1-25(2)14-15-11-12-23-20(13-15)24-21(26)10-8-16-7-9-19(27-16)17-5-3-4-6-18(17)22/h3-7,9,11-13H,8,10,14H2,1-2H3,(H,23,24,26). The minimum Gasteiger partial charge on any atom is -0.461 e. The quantitative estimate of drug-likeness (QED) is 0.683. The Balaban J connectivity index is 1.56. The van der Waals surface area contributed by atoms with E-state index in [2.05, 4.69) is 10.3 Å². The van der Waals surface area contributed by atoms with Crippen LogP contribution in [0.2, 0.25) is 0 Å². The zero-order chi connectivity index (χ0) is 19.2.